The van der Waals surface area contributed by atoms with Crippen molar-refractivity contribution in [2.75, 3.05) is 14.1 Å². The summed E-state index contributed by atoms with van der Waals surface area (Å²) in [5, 5.41) is 6.74. The van der Waals surface area contributed by atoms with Crippen molar-refractivity contribution < 1.29 is 69.8 Å². The molecule has 88 valence electrons. The number of halogens is 2. The van der Waals surface area contributed by atoms with Gasteiger partial charge in [-0.1, -0.05) is 13.8 Å². The minimum Gasteiger partial charge on any atom is -1.00 e. The molecule has 15 heavy (non-hydrogen) atoms. The summed E-state index contributed by atoms with van der Waals surface area (Å²) >= 11 is 0. The van der Waals surface area contributed by atoms with Gasteiger partial charge in [-0.15, -0.1) is 14.1 Å². The van der Waals surface area contributed by atoms with E-state index in [1.807, 2.05) is 0 Å². The summed E-state index contributed by atoms with van der Waals surface area (Å²) in [7, 11) is 3.01. The molecule has 0 aliphatic carbocycles. The van der Waals surface area contributed by atoms with Crippen LogP contribution in [-0.2, 0) is 35.8 Å². The van der Waals surface area contributed by atoms with Crippen LogP contribution in [0.25, 0.3) is 10.6 Å². The number of amides is 2. The van der Waals surface area contributed by atoms with E-state index in [-0.39, 0.29) is 72.0 Å². The summed E-state index contributed by atoms with van der Waals surface area (Å²) < 4.78 is 0. The van der Waals surface area contributed by atoms with Crippen molar-refractivity contribution in [2.45, 2.75) is 26.7 Å². The summed E-state index contributed by atoms with van der Waals surface area (Å²) in [6.07, 6.45) is 1.05. The van der Waals surface area contributed by atoms with Crippen LogP contribution < -0.4 is 34.0 Å². The van der Waals surface area contributed by atoms with Crippen LogP contribution in [0.3, 0.4) is 0 Å². The minimum atomic E-state index is -0.0324. The zero-order chi connectivity index (χ0) is 9.98. The number of carbonyl (C=O) groups excluding carboxylic acids is 2. The number of hydrogen-bond donors (Lipinski definition) is 0. The standard InChI is InChI=1S/2C4H9NO.2BrH.Zr/c2*1-3-4(6)5-2;;;/h2*3H2,1-2H3,(H,5,6);2*1H;/q;;;;+4/p-4. The Bertz CT molecular complexity index is 121. The predicted octanol–water partition coefficient (Wildman–Crippen LogP) is -4.14. The van der Waals surface area contributed by atoms with Gasteiger partial charge in [0, 0.05) is 0 Å². The van der Waals surface area contributed by atoms with Gasteiger partial charge in [0.2, 0.25) is 0 Å². The molecule has 0 atom stereocenters. The van der Waals surface area contributed by atoms with Gasteiger partial charge < -0.3 is 54.2 Å². The molecule has 0 radical (unpaired) electrons. The SMILES string of the molecule is CCC(=O)[N-]C.CCC(=O)[N-]C.[Br-].[Br-].[Zr+4]. The molecule has 2 amide bonds. The van der Waals surface area contributed by atoms with Gasteiger partial charge >= 0.3 is 26.2 Å². The van der Waals surface area contributed by atoms with Crippen LogP contribution in [0.2, 0.25) is 0 Å². The number of nitrogens with zero attached hydrogens (tertiary/aromatic N) is 2. The van der Waals surface area contributed by atoms with Crippen molar-refractivity contribution in [1.29, 1.82) is 0 Å². The minimum absolute atomic E-state index is 0. The van der Waals surface area contributed by atoms with Gasteiger partial charge in [-0.25, -0.2) is 0 Å². The normalized spacial score (nSPS) is 6.13. The first-order valence-electron chi connectivity index (χ1n) is 3.87. The molecule has 0 aromatic heterocycles. The summed E-state index contributed by atoms with van der Waals surface area (Å²) in [4.78, 5) is 20.0. The molecule has 0 fully saturated rings. The number of carbonyl (C=O) groups is 2. The topological polar surface area (TPSA) is 62.3 Å². The molecule has 0 bridgehead atoms. The van der Waals surface area contributed by atoms with E-state index in [9.17, 15) is 9.59 Å². The second kappa shape index (κ2) is 24.2. The third-order valence-electron chi connectivity index (χ3n) is 1.10. The Hall–Kier alpha value is 0.783. The second-order valence-corrected chi connectivity index (χ2v) is 1.94. The maximum Gasteiger partial charge on any atom is 4.00 e. The Morgan fingerprint density at radius 3 is 1.07 bits per heavy atom. The van der Waals surface area contributed by atoms with Crippen molar-refractivity contribution in [3.8, 4) is 0 Å². The van der Waals surface area contributed by atoms with Gasteiger partial charge in [0.05, 0.1) is 11.8 Å². The first kappa shape index (κ1) is 29.7. The number of rotatable bonds is 2. The van der Waals surface area contributed by atoms with Crippen molar-refractivity contribution in [1.82, 2.24) is 0 Å². The van der Waals surface area contributed by atoms with Gasteiger partial charge in [-0.2, -0.15) is 0 Å². The van der Waals surface area contributed by atoms with Gasteiger partial charge in [0.15, 0.2) is 0 Å². The fraction of sp³-hybridized carbons (Fsp3) is 0.750. The Morgan fingerprint density at radius 1 is 0.867 bits per heavy atom. The Labute approximate surface area is 132 Å². The molecule has 0 heterocycles. The van der Waals surface area contributed by atoms with E-state index >= 15 is 0 Å². The monoisotopic (exact) mass is 420 g/mol. The molecule has 0 spiro atoms. The molecule has 0 aromatic rings. The van der Waals surface area contributed by atoms with E-state index in [0.717, 1.165) is 0 Å². The fourth-order valence-electron chi connectivity index (χ4n) is 0.316. The van der Waals surface area contributed by atoms with E-state index in [1.165, 1.54) is 14.1 Å². The molecular weight excluding hydrogens is 407 g/mol. The van der Waals surface area contributed by atoms with Gasteiger partial charge in [-0.3, -0.25) is 0 Å². The molecule has 0 rings (SSSR count). The first-order chi connectivity index (χ1) is 5.62. The van der Waals surface area contributed by atoms with Crippen LogP contribution >= 0.6 is 0 Å². The van der Waals surface area contributed by atoms with Crippen LogP contribution in [0.15, 0.2) is 0 Å². The summed E-state index contributed by atoms with van der Waals surface area (Å²) in [6, 6.07) is 0. The quantitative estimate of drug-likeness (QED) is 0.453. The van der Waals surface area contributed by atoms with Crippen LogP contribution in [0.5, 0.6) is 0 Å². The second-order valence-electron chi connectivity index (χ2n) is 1.94. The van der Waals surface area contributed by atoms with Gasteiger partial charge in [0.1, 0.15) is 0 Å². The molecule has 0 saturated heterocycles. The molecular formula is C8H16Br2N2O2Zr. The fourth-order valence-corrected chi connectivity index (χ4v) is 0.316. The molecule has 0 aliphatic heterocycles. The molecule has 0 unspecified atom stereocenters. The molecule has 4 nitrogen and oxygen atoms in total. The van der Waals surface area contributed by atoms with Crippen LogP contribution in [-0.4, -0.2) is 25.9 Å². The Kier molecular flexibility index (Phi) is 47.8. The van der Waals surface area contributed by atoms with E-state index in [1.54, 1.807) is 13.8 Å². The van der Waals surface area contributed by atoms with E-state index in [0.29, 0.717) is 12.8 Å². The van der Waals surface area contributed by atoms with Crippen LogP contribution in [0, 0.1) is 0 Å². The summed E-state index contributed by atoms with van der Waals surface area (Å²) in [6.45, 7) is 3.57. The smallest absolute Gasteiger partial charge is 1.00 e. The van der Waals surface area contributed by atoms with Crippen LogP contribution in [0.4, 0.5) is 0 Å². The Balaban J connectivity index is -0.0000000370. The molecule has 7 heteroatoms. The van der Waals surface area contributed by atoms with E-state index < -0.39 is 0 Å². The third kappa shape index (κ3) is 31.3. The van der Waals surface area contributed by atoms with Crippen molar-refractivity contribution in [2.24, 2.45) is 0 Å². The molecule has 0 aliphatic rings. The van der Waals surface area contributed by atoms with Crippen molar-refractivity contribution in [3.05, 3.63) is 10.6 Å². The van der Waals surface area contributed by atoms with Gasteiger partial charge in [0.25, 0.3) is 0 Å². The zero-order valence-electron chi connectivity index (χ0n) is 9.38. The predicted molar refractivity (Wildman–Crippen MR) is 49.2 cm³/mol. The Morgan fingerprint density at radius 2 is 1.07 bits per heavy atom. The van der Waals surface area contributed by atoms with Crippen molar-refractivity contribution >= 4 is 11.8 Å². The average molecular weight is 423 g/mol. The van der Waals surface area contributed by atoms with Gasteiger partial charge in [-0.05, 0) is 12.8 Å². The third-order valence-corrected chi connectivity index (χ3v) is 1.10. The molecule has 0 saturated carbocycles. The molecule has 0 aromatic carbocycles. The van der Waals surface area contributed by atoms with E-state index in [2.05, 4.69) is 10.6 Å². The summed E-state index contributed by atoms with van der Waals surface area (Å²) in [5.41, 5.74) is 0. The van der Waals surface area contributed by atoms with E-state index in [4.69, 9.17) is 0 Å². The largest absolute Gasteiger partial charge is 4.00 e. The van der Waals surface area contributed by atoms with Crippen LogP contribution in [0.1, 0.15) is 26.7 Å². The maximum absolute atomic E-state index is 10.0. The molecule has 0 N–H and O–H groups in total. The van der Waals surface area contributed by atoms with Crippen molar-refractivity contribution in [3.63, 3.8) is 0 Å². The summed E-state index contributed by atoms with van der Waals surface area (Å²) in [5.74, 6) is -0.0648. The average Bonchev–Trinajstić information content (AvgIpc) is 2.16. The zero-order valence-corrected chi connectivity index (χ0v) is 15.0. The number of hydrogen-bond acceptors (Lipinski definition) is 2. The first-order valence-corrected chi connectivity index (χ1v) is 3.87. The maximum atomic E-state index is 10.0.